The van der Waals surface area contributed by atoms with Gasteiger partial charge in [-0.25, -0.2) is 15.0 Å². The zero-order valence-electron chi connectivity index (χ0n) is 10.8. The Hall–Kier alpha value is -2.47. The molecule has 0 aliphatic rings. The average molecular weight is 284 g/mol. The fraction of sp³-hybridized carbons (Fsp3) is 0.0714. The first-order valence-electron chi connectivity index (χ1n) is 5.99. The molecule has 0 saturated heterocycles. The third kappa shape index (κ3) is 2.75. The van der Waals surface area contributed by atoms with E-state index < -0.39 is 0 Å². The fourth-order valence-electron chi connectivity index (χ4n) is 1.69. The van der Waals surface area contributed by atoms with Crippen LogP contribution in [-0.4, -0.2) is 22.1 Å². The van der Waals surface area contributed by atoms with E-state index in [2.05, 4.69) is 20.3 Å². The molecule has 2 aromatic heterocycles. The number of nitrogens with zero attached hydrogens (tertiary/aromatic N) is 3. The highest BCUT2D eigenvalue weighted by atomic mass is 32.1. The predicted molar refractivity (Wildman–Crippen MR) is 79.4 cm³/mol. The maximum atomic E-state index is 5.12. The first kappa shape index (κ1) is 12.6. The zero-order chi connectivity index (χ0) is 13.8. The Kier molecular flexibility index (Phi) is 3.56. The molecule has 1 N–H and O–H groups in total. The molecule has 3 aromatic rings. The van der Waals surface area contributed by atoms with Crippen molar-refractivity contribution in [3.63, 3.8) is 0 Å². The van der Waals surface area contributed by atoms with Crippen LogP contribution in [0.3, 0.4) is 0 Å². The van der Waals surface area contributed by atoms with Crippen molar-refractivity contribution in [2.75, 3.05) is 12.4 Å². The SMILES string of the molecule is COc1ccc(Nc2nccc(-c3nccs3)n2)cc1. The second-order valence-electron chi connectivity index (χ2n) is 3.96. The van der Waals surface area contributed by atoms with Gasteiger partial charge in [0.1, 0.15) is 16.5 Å². The van der Waals surface area contributed by atoms with E-state index in [0.717, 1.165) is 22.1 Å². The summed E-state index contributed by atoms with van der Waals surface area (Å²) >= 11 is 1.55. The Morgan fingerprint density at radius 2 is 1.90 bits per heavy atom. The first-order chi connectivity index (χ1) is 9.85. The van der Waals surface area contributed by atoms with Crippen LogP contribution in [0.4, 0.5) is 11.6 Å². The number of benzene rings is 1. The van der Waals surface area contributed by atoms with Crippen LogP contribution >= 0.6 is 11.3 Å². The molecule has 0 bridgehead atoms. The van der Waals surface area contributed by atoms with E-state index in [9.17, 15) is 0 Å². The lowest BCUT2D eigenvalue weighted by Gasteiger charge is -2.06. The molecule has 0 radical (unpaired) electrons. The number of methoxy groups -OCH3 is 1. The van der Waals surface area contributed by atoms with Crippen molar-refractivity contribution >= 4 is 23.0 Å². The largest absolute Gasteiger partial charge is 0.497 e. The first-order valence-corrected chi connectivity index (χ1v) is 6.87. The number of rotatable bonds is 4. The molecule has 6 heteroatoms. The Balaban J connectivity index is 1.82. The van der Waals surface area contributed by atoms with E-state index >= 15 is 0 Å². The second-order valence-corrected chi connectivity index (χ2v) is 4.85. The summed E-state index contributed by atoms with van der Waals surface area (Å²) in [6.07, 6.45) is 3.48. The molecule has 0 spiro atoms. The minimum absolute atomic E-state index is 0.544. The van der Waals surface area contributed by atoms with Crippen molar-refractivity contribution in [3.05, 3.63) is 48.1 Å². The zero-order valence-corrected chi connectivity index (χ0v) is 11.6. The number of nitrogens with one attached hydrogen (secondary N) is 1. The Morgan fingerprint density at radius 1 is 1.05 bits per heavy atom. The molecule has 0 aliphatic heterocycles. The molecule has 100 valence electrons. The molecule has 0 atom stereocenters. The van der Waals surface area contributed by atoms with Gasteiger partial charge in [0, 0.05) is 23.5 Å². The van der Waals surface area contributed by atoms with Gasteiger partial charge >= 0.3 is 0 Å². The van der Waals surface area contributed by atoms with Crippen molar-refractivity contribution in [1.82, 2.24) is 15.0 Å². The minimum Gasteiger partial charge on any atom is -0.497 e. The summed E-state index contributed by atoms with van der Waals surface area (Å²) in [6.45, 7) is 0. The van der Waals surface area contributed by atoms with Crippen LogP contribution in [0.15, 0.2) is 48.1 Å². The molecule has 20 heavy (non-hydrogen) atoms. The van der Waals surface area contributed by atoms with Crippen molar-refractivity contribution < 1.29 is 4.74 Å². The van der Waals surface area contributed by atoms with Crippen LogP contribution in [-0.2, 0) is 0 Å². The van der Waals surface area contributed by atoms with Gasteiger partial charge in [0.25, 0.3) is 0 Å². The lowest BCUT2D eigenvalue weighted by Crippen LogP contribution is -1.97. The summed E-state index contributed by atoms with van der Waals surface area (Å²) in [7, 11) is 1.64. The average Bonchev–Trinajstić information content (AvgIpc) is 3.03. The molecule has 0 amide bonds. The molecule has 2 heterocycles. The number of aromatic nitrogens is 3. The molecule has 0 saturated carbocycles. The summed E-state index contributed by atoms with van der Waals surface area (Å²) in [5.74, 6) is 1.36. The van der Waals surface area contributed by atoms with E-state index in [1.165, 1.54) is 0 Å². The molecule has 1 aromatic carbocycles. The van der Waals surface area contributed by atoms with Crippen LogP contribution < -0.4 is 10.1 Å². The van der Waals surface area contributed by atoms with Gasteiger partial charge < -0.3 is 10.1 Å². The number of hydrogen-bond donors (Lipinski definition) is 1. The van der Waals surface area contributed by atoms with Gasteiger partial charge in [-0.2, -0.15) is 0 Å². The highest BCUT2D eigenvalue weighted by Gasteiger charge is 2.04. The number of anilines is 2. The molecule has 0 fully saturated rings. The quantitative estimate of drug-likeness (QED) is 0.796. The van der Waals surface area contributed by atoms with Gasteiger partial charge in [0.05, 0.1) is 7.11 Å². The van der Waals surface area contributed by atoms with Crippen molar-refractivity contribution in [2.45, 2.75) is 0 Å². The van der Waals surface area contributed by atoms with Gasteiger partial charge in [0.2, 0.25) is 5.95 Å². The summed E-state index contributed by atoms with van der Waals surface area (Å²) in [5.41, 5.74) is 1.72. The number of hydrogen-bond acceptors (Lipinski definition) is 6. The van der Waals surface area contributed by atoms with E-state index in [1.54, 1.807) is 30.8 Å². The Bertz CT molecular complexity index is 683. The third-order valence-corrected chi connectivity index (χ3v) is 3.45. The van der Waals surface area contributed by atoms with Gasteiger partial charge in [-0.05, 0) is 30.3 Å². The summed E-state index contributed by atoms with van der Waals surface area (Å²) < 4.78 is 5.12. The van der Waals surface area contributed by atoms with E-state index in [-0.39, 0.29) is 0 Å². The van der Waals surface area contributed by atoms with Gasteiger partial charge in [-0.1, -0.05) is 0 Å². The molecule has 3 rings (SSSR count). The number of ether oxygens (including phenoxy) is 1. The standard InChI is InChI=1S/C14H12N4OS/c1-19-11-4-2-10(3-5-11)17-14-16-7-6-12(18-14)13-15-8-9-20-13/h2-9H,1H3,(H,16,17,18). The van der Waals surface area contributed by atoms with Crippen molar-refractivity contribution in [1.29, 1.82) is 0 Å². The van der Waals surface area contributed by atoms with Crippen LogP contribution in [0, 0.1) is 0 Å². The third-order valence-electron chi connectivity index (χ3n) is 2.65. The molecular weight excluding hydrogens is 272 g/mol. The summed E-state index contributed by atoms with van der Waals surface area (Å²) in [4.78, 5) is 12.9. The topological polar surface area (TPSA) is 59.9 Å². The highest BCUT2D eigenvalue weighted by Crippen LogP contribution is 2.22. The van der Waals surface area contributed by atoms with Crippen molar-refractivity contribution in [3.8, 4) is 16.5 Å². The van der Waals surface area contributed by atoms with E-state index in [4.69, 9.17) is 4.74 Å². The van der Waals surface area contributed by atoms with Crippen LogP contribution in [0.1, 0.15) is 0 Å². The second kappa shape index (κ2) is 5.66. The summed E-state index contributed by atoms with van der Waals surface area (Å²) in [6, 6.07) is 9.44. The smallest absolute Gasteiger partial charge is 0.227 e. The van der Waals surface area contributed by atoms with Crippen LogP contribution in [0.5, 0.6) is 5.75 Å². The van der Waals surface area contributed by atoms with Crippen LogP contribution in [0.2, 0.25) is 0 Å². The Morgan fingerprint density at radius 3 is 2.60 bits per heavy atom. The molecule has 0 unspecified atom stereocenters. The van der Waals surface area contributed by atoms with Crippen LogP contribution in [0.25, 0.3) is 10.7 Å². The molecule has 0 aliphatic carbocycles. The summed E-state index contributed by atoms with van der Waals surface area (Å²) in [5, 5.41) is 5.96. The Labute approximate surface area is 120 Å². The van der Waals surface area contributed by atoms with Gasteiger partial charge in [-0.15, -0.1) is 11.3 Å². The van der Waals surface area contributed by atoms with E-state index in [0.29, 0.717) is 5.95 Å². The van der Waals surface area contributed by atoms with Crippen molar-refractivity contribution in [2.24, 2.45) is 0 Å². The lowest BCUT2D eigenvalue weighted by atomic mass is 10.3. The fourth-order valence-corrected chi connectivity index (χ4v) is 2.30. The molecular formula is C14H12N4OS. The maximum absolute atomic E-state index is 5.12. The van der Waals surface area contributed by atoms with E-state index in [1.807, 2.05) is 35.7 Å². The lowest BCUT2D eigenvalue weighted by molar-refractivity contribution is 0.415. The minimum atomic E-state index is 0.544. The monoisotopic (exact) mass is 284 g/mol. The maximum Gasteiger partial charge on any atom is 0.227 e. The molecule has 5 nitrogen and oxygen atoms in total. The predicted octanol–water partition coefficient (Wildman–Crippen LogP) is 3.35. The van der Waals surface area contributed by atoms with Gasteiger partial charge in [0.15, 0.2) is 0 Å². The van der Waals surface area contributed by atoms with Gasteiger partial charge in [-0.3, -0.25) is 0 Å². The normalized spacial score (nSPS) is 10.2. The number of thiazole rings is 1. The highest BCUT2D eigenvalue weighted by molar-refractivity contribution is 7.13.